The zero-order chi connectivity index (χ0) is 19.4. The molecule has 4 aromatic carbocycles. The molecule has 0 N–H and O–H groups in total. The van der Waals surface area contributed by atoms with Crippen LogP contribution in [0.1, 0.15) is 16.4 Å². The molecule has 0 saturated carbocycles. The molecule has 0 aliphatic heterocycles. The molecule has 0 fully saturated rings. The summed E-state index contributed by atoms with van der Waals surface area (Å²) in [6.07, 6.45) is 3.65. The Balaban J connectivity index is 1.87. The Hall–Kier alpha value is -3.17. The molecule has 0 saturated heterocycles. The Morgan fingerprint density at radius 2 is 1.25 bits per heavy atom. The molecule has 28 heavy (non-hydrogen) atoms. The topological polar surface area (TPSA) is 34.1 Å². The molecule has 4 aromatic rings. The van der Waals surface area contributed by atoms with Crippen molar-refractivity contribution in [3.63, 3.8) is 0 Å². The standard InChI is InChI=1S/C25H20O2S/c26-28(27,25-17-9-15-21-12-7-8-16-23(21)25)24(22-13-5-2-6-14-22)19-18-20-10-3-1-4-11-20/h1-19,24H/b19-18+. The minimum absolute atomic E-state index is 0.358. The molecule has 1 atom stereocenters. The Morgan fingerprint density at radius 3 is 2.00 bits per heavy atom. The average Bonchev–Trinajstić information content (AvgIpc) is 2.75. The van der Waals surface area contributed by atoms with Crippen LogP contribution < -0.4 is 0 Å². The molecule has 0 aliphatic carbocycles. The minimum atomic E-state index is -3.64. The van der Waals surface area contributed by atoms with Crippen LogP contribution in [0.2, 0.25) is 0 Å². The van der Waals surface area contributed by atoms with Gasteiger partial charge in [-0.15, -0.1) is 0 Å². The van der Waals surface area contributed by atoms with Gasteiger partial charge in [0.1, 0.15) is 5.25 Å². The Kier molecular flexibility index (Phi) is 5.09. The quantitative estimate of drug-likeness (QED) is 0.419. The number of hydrogen-bond donors (Lipinski definition) is 0. The van der Waals surface area contributed by atoms with Crippen molar-refractivity contribution in [2.75, 3.05) is 0 Å². The van der Waals surface area contributed by atoms with Gasteiger partial charge < -0.3 is 0 Å². The van der Waals surface area contributed by atoms with Gasteiger partial charge in [-0.3, -0.25) is 0 Å². The van der Waals surface area contributed by atoms with Gasteiger partial charge in [0.15, 0.2) is 9.84 Å². The van der Waals surface area contributed by atoms with Crippen LogP contribution in [-0.4, -0.2) is 8.42 Å². The highest BCUT2D eigenvalue weighted by atomic mass is 32.2. The highest BCUT2D eigenvalue weighted by Gasteiger charge is 2.28. The van der Waals surface area contributed by atoms with Gasteiger partial charge in [0.2, 0.25) is 0 Å². The molecular formula is C25H20O2S. The van der Waals surface area contributed by atoms with Crippen LogP contribution in [0.5, 0.6) is 0 Å². The number of fused-ring (bicyclic) bond motifs is 1. The fourth-order valence-corrected chi connectivity index (χ4v) is 5.21. The second kappa shape index (κ2) is 7.83. The summed E-state index contributed by atoms with van der Waals surface area (Å²) in [5, 5.41) is 0.904. The molecule has 0 amide bonds. The summed E-state index contributed by atoms with van der Waals surface area (Å²) in [5.41, 5.74) is 1.72. The Morgan fingerprint density at radius 1 is 0.643 bits per heavy atom. The predicted octanol–water partition coefficient (Wildman–Crippen LogP) is 6.07. The van der Waals surface area contributed by atoms with Crippen LogP contribution in [0.4, 0.5) is 0 Å². The first-order valence-corrected chi connectivity index (χ1v) is 10.7. The third-order valence-corrected chi connectivity index (χ3v) is 6.85. The van der Waals surface area contributed by atoms with E-state index in [-0.39, 0.29) is 0 Å². The first-order chi connectivity index (χ1) is 13.7. The Bertz CT molecular complexity index is 1210. The van der Waals surface area contributed by atoms with Crippen molar-refractivity contribution in [3.05, 3.63) is 120 Å². The number of benzene rings is 4. The van der Waals surface area contributed by atoms with Crippen LogP contribution in [0.15, 0.2) is 114 Å². The highest BCUT2D eigenvalue weighted by molar-refractivity contribution is 7.92. The molecule has 138 valence electrons. The van der Waals surface area contributed by atoms with Crippen molar-refractivity contribution in [1.82, 2.24) is 0 Å². The van der Waals surface area contributed by atoms with E-state index in [1.807, 2.05) is 97.1 Å². The molecule has 4 rings (SSSR count). The van der Waals surface area contributed by atoms with E-state index in [0.717, 1.165) is 21.9 Å². The van der Waals surface area contributed by atoms with Crippen LogP contribution >= 0.6 is 0 Å². The van der Waals surface area contributed by atoms with Crippen LogP contribution in [0, 0.1) is 0 Å². The fourth-order valence-electron chi connectivity index (χ4n) is 3.38. The average molecular weight is 385 g/mol. The van der Waals surface area contributed by atoms with E-state index >= 15 is 0 Å². The molecule has 0 heterocycles. The van der Waals surface area contributed by atoms with Crippen molar-refractivity contribution in [2.45, 2.75) is 10.1 Å². The molecule has 2 nitrogen and oxygen atoms in total. The maximum Gasteiger partial charge on any atom is 0.189 e. The molecule has 0 aliphatic rings. The lowest BCUT2D eigenvalue weighted by atomic mass is 10.1. The molecule has 0 radical (unpaired) electrons. The van der Waals surface area contributed by atoms with Crippen molar-refractivity contribution in [2.24, 2.45) is 0 Å². The molecule has 3 heteroatoms. The molecular weight excluding hydrogens is 364 g/mol. The minimum Gasteiger partial charge on any atom is -0.223 e. The van der Waals surface area contributed by atoms with Gasteiger partial charge in [-0.25, -0.2) is 8.42 Å². The fraction of sp³-hybridized carbons (Fsp3) is 0.0400. The van der Waals surface area contributed by atoms with Crippen molar-refractivity contribution >= 4 is 26.7 Å². The normalized spacial score (nSPS) is 13.0. The predicted molar refractivity (Wildman–Crippen MR) is 116 cm³/mol. The second-order valence-electron chi connectivity index (χ2n) is 6.62. The molecule has 0 aromatic heterocycles. The van der Waals surface area contributed by atoms with Crippen LogP contribution in [0.25, 0.3) is 16.8 Å². The zero-order valence-corrected chi connectivity index (χ0v) is 16.1. The summed E-state index contributed by atoms with van der Waals surface area (Å²) in [6, 6.07) is 32.1. The summed E-state index contributed by atoms with van der Waals surface area (Å²) in [6.45, 7) is 0. The SMILES string of the molecule is O=S(=O)(c1cccc2ccccc12)C(/C=C/c1ccccc1)c1ccccc1. The number of hydrogen-bond acceptors (Lipinski definition) is 2. The Labute approximate surface area is 165 Å². The van der Waals surface area contributed by atoms with Crippen LogP contribution in [0.3, 0.4) is 0 Å². The lowest BCUT2D eigenvalue weighted by Crippen LogP contribution is -2.12. The van der Waals surface area contributed by atoms with Gasteiger partial charge in [-0.1, -0.05) is 109 Å². The van der Waals surface area contributed by atoms with E-state index < -0.39 is 15.1 Å². The van der Waals surface area contributed by atoms with Crippen molar-refractivity contribution in [3.8, 4) is 0 Å². The number of sulfone groups is 1. The summed E-state index contributed by atoms with van der Waals surface area (Å²) < 4.78 is 27.4. The molecule has 0 spiro atoms. The molecule has 0 bridgehead atoms. The maximum absolute atomic E-state index is 13.7. The monoisotopic (exact) mass is 384 g/mol. The summed E-state index contributed by atoms with van der Waals surface area (Å²) in [4.78, 5) is 0.358. The lowest BCUT2D eigenvalue weighted by molar-refractivity contribution is 0.591. The zero-order valence-electron chi connectivity index (χ0n) is 15.3. The van der Waals surface area contributed by atoms with E-state index in [0.29, 0.717) is 4.90 Å². The van der Waals surface area contributed by atoms with Crippen molar-refractivity contribution in [1.29, 1.82) is 0 Å². The van der Waals surface area contributed by atoms with Crippen molar-refractivity contribution < 1.29 is 8.42 Å². The smallest absolute Gasteiger partial charge is 0.189 e. The van der Waals surface area contributed by atoms with Crippen LogP contribution in [-0.2, 0) is 9.84 Å². The first-order valence-electron chi connectivity index (χ1n) is 9.16. The molecule has 1 unspecified atom stereocenters. The van der Waals surface area contributed by atoms with Gasteiger partial charge in [-0.05, 0) is 22.6 Å². The third kappa shape index (κ3) is 3.62. The van der Waals surface area contributed by atoms with E-state index in [1.54, 1.807) is 18.2 Å². The van der Waals surface area contributed by atoms with E-state index in [4.69, 9.17) is 0 Å². The van der Waals surface area contributed by atoms with Gasteiger partial charge in [0.05, 0.1) is 4.90 Å². The van der Waals surface area contributed by atoms with Gasteiger partial charge >= 0.3 is 0 Å². The van der Waals surface area contributed by atoms with Gasteiger partial charge in [-0.2, -0.15) is 0 Å². The largest absolute Gasteiger partial charge is 0.223 e. The summed E-state index contributed by atoms with van der Waals surface area (Å²) >= 11 is 0. The highest BCUT2D eigenvalue weighted by Crippen LogP contribution is 2.34. The van der Waals surface area contributed by atoms with E-state index in [9.17, 15) is 8.42 Å². The number of rotatable bonds is 5. The summed E-state index contributed by atoms with van der Waals surface area (Å²) in [7, 11) is -3.64. The second-order valence-corrected chi connectivity index (χ2v) is 8.66. The lowest BCUT2D eigenvalue weighted by Gasteiger charge is -2.16. The third-order valence-electron chi connectivity index (χ3n) is 4.78. The van der Waals surface area contributed by atoms with E-state index in [1.165, 1.54) is 0 Å². The van der Waals surface area contributed by atoms with Gasteiger partial charge in [0.25, 0.3) is 0 Å². The van der Waals surface area contributed by atoms with Gasteiger partial charge in [0, 0.05) is 5.39 Å². The summed E-state index contributed by atoms with van der Waals surface area (Å²) in [5.74, 6) is 0. The maximum atomic E-state index is 13.7. The first kappa shape index (κ1) is 18.2. The van der Waals surface area contributed by atoms with E-state index in [2.05, 4.69) is 0 Å².